The molecule has 20 heavy (non-hydrogen) atoms. The molecule has 0 aliphatic heterocycles. The maximum Gasteiger partial charge on any atom is 0.238 e. The summed E-state index contributed by atoms with van der Waals surface area (Å²) in [5.74, 6) is 0.593. The first-order chi connectivity index (χ1) is 9.76. The number of aromatic nitrogens is 2. The normalized spacial score (nSPS) is 10.7. The average Bonchev–Trinajstić information content (AvgIpc) is 2.91. The second-order valence-corrected chi connectivity index (χ2v) is 4.44. The average molecular weight is 266 g/mol. The van der Waals surface area contributed by atoms with Crippen molar-refractivity contribution in [2.45, 2.75) is 0 Å². The van der Waals surface area contributed by atoms with Crippen molar-refractivity contribution < 1.29 is 4.79 Å². The number of hydrogen-bond acceptors (Lipinski definition) is 3. The van der Waals surface area contributed by atoms with Gasteiger partial charge in [0.1, 0.15) is 5.82 Å². The molecule has 4 N–H and O–H groups in total. The molecule has 0 atom stereocenters. The van der Waals surface area contributed by atoms with E-state index in [1.54, 1.807) is 0 Å². The first-order valence-corrected chi connectivity index (χ1v) is 6.31. The van der Waals surface area contributed by atoms with Crippen molar-refractivity contribution in [3.8, 4) is 11.4 Å². The predicted octanol–water partition coefficient (Wildman–Crippen LogP) is 2.13. The fraction of sp³-hybridized carbons (Fsp3) is 0.0667. The Hall–Kier alpha value is -2.66. The topological polar surface area (TPSA) is 83.8 Å². The SMILES string of the molecule is NCC(=O)Nc1ccc2nc(-c3ccccc3)[nH]c2c1. The summed E-state index contributed by atoms with van der Waals surface area (Å²) in [6, 6.07) is 15.4. The van der Waals surface area contributed by atoms with Gasteiger partial charge in [0.15, 0.2) is 0 Å². The molecule has 0 aliphatic carbocycles. The Morgan fingerprint density at radius 2 is 2.00 bits per heavy atom. The number of carbonyl (C=O) groups excluding carboxylic acids is 1. The first kappa shape index (κ1) is 12.4. The van der Waals surface area contributed by atoms with Gasteiger partial charge in [-0.1, -0.05) is 30.3 Å². The molecule has 3 aromatic rings. The maximum atomic E-state index is 11.3. The monoisotopic (exact) mass is 266 g/mol. The van der Waals surface area contributed by atoms with Crippen molar-refractivity contribution in [3.63, 3.8) is 0 Å². The zero-order chi connectivity index (χ0) is 13.9. The summed E-state index contributed by atoms with van der Waals surface area (Å²) in [5, 5.41) is 2.72. The van der Waals surface area contributed by atoms with E-state index in [0.717, 1.165) is 22.4 Å². The number of H-pyrrole nitrogens is 1. The van der Waals surface area contributed by atoms with Crippen molar-refractivity contribution >= 4 is 22.6 Å². The van der Waals surface area contributed by atoms with E-state index >= 15 is 0 Å². The molecule has 0 saturated heterocycles. The Bertz CT molecular complexity index is 749. The van der Waals surface area contributed by atoms with Crippen LogP contribution in [0.15, 0.2) is 48.5 Å². The number of benzene rings is 2. The lowest BCUT2D eigenvalue weighted by Gasteiger charge is -2.02. The van der Waals surface area contributed by atoms with Crippen molar-refractivity contribution in [1.29, 1.82) is 0 Å². The van der Waals surface area contributed by atoms with Gasteiger partial charge in [0.2, 0.25) is 5.91 Å². The molecule has 100 valence electrons. The highest BCUT2D eigenvalue weighted by Crippen LogP contribution is 2.22. The fourth-order valence-electron chi connectivity index (χ4n) is 2.03. The van der Waals surface area contributed by atoms with Gasteiger partial charge >= 0.3 is 0 Å². The van der Waals surface area contributed by atoms with Gasteiger partial charge in [-0.2, -0.15) is 0 Å². The number of amides is 1. The third-order valence-corrected chi connectivity index (χ3v) is 3.00. The minimum Gasteiger partial charge on any atom is -0.338 e. The van der Waals surface area contributed by atoms with E-state index in [2.05, 4.69) is 15.3 Å². The highest BCUT2D eigenvalue weighted by molar-refractivity contribution is 5.94. The van der Waals surface area contributed by atoms with Gasteiger partial charge in [-0.05, 0) is 18.2 Å². The second kappa shape index (κ2) is 5.14. The summed E-state index contributed by atoms with van der Waals surface area (Å²) in [5.41, 5.74) is 8.74. The Balaban J connectivity index is 1.97. The molecule has 1 aromatic heterocycles. The summed E-state index contributed by atoms with van der Waals surface area (Å²) >= 11 is 0. The molecular formula is C15H14N4O. The molecule has 0 spiro atoms. The lowest BCUT2D eigenvalue weighted by Crippen LogP contribution is -2.21. The van der Waals surface area contributed by atoms with Crippen LogP contribution >= 0.6 is 0 Å². The number of anilines is 1. The highest BCUT2D eigenvalue weighted by Gasteiger charge is 2.06. The molecule has 0 aliphatic rings. The first-order valence-electron chi connectivity index (χ1n) is 6.31. The van der Waals surface area contributed by atoms with E-state index in [1.165, 1.54) is 0 Å². The van der Waals surface area contributed by atoms with Crippen LogP contribution in [0.25, 0.3) is 22.4 Å². The third-order valence-electron chi connectivity index (χ3n) is 3.00. The zero-order valence-corrected chi connectivity index (χ0v) is 10.8. The Kier molecular flexibility index (Phi) is 3.18. The van der Waals surface area contributed by atoms with Crippen molar-refractivity contribution in [3.05, 3.63) is 48.5 Å². The van der Waals surface area contributed by atoms with E-state index in [-0.39, 0.29) is 12.5 Å². The van der Waals surface area contributed by atoms with E-state index in [0.29, 0.717) is 5.69 Å². The van der Waals surface area contributed by atoms with Gasteiger partial charge in [-0.3, -0.25) is 4.79 Å². The summed E-state index contributed by atoms with van der Waals surface area (Å²) in [7, 11) is 0. The molecule has 0 unspecified atom stereocenters. The second-order valence-electron chi connectivity index (χ2n) is 4.44. The van der Waals surface area contributed by atoms with Crippen LogP contribution in [0.2, 0.25) is 0 Å². The molecule has 1 amide bonds. The van der Waals surface area contributed by atoms with Crippen molar-refractivity contribution in [2.75, 3.05) is 11.9 Å². The van der Waals surface area contributed by atoms with E-state index in [4.69, 9.17) is 5.73 Å². The molecule has 0 bridgehead atoms. The van der Waals surface area contributed by atoms with Crippen molar-refractivity contribution in [2.24, 2.45) is 5.73 Å². The number of nitrogens with one attached hydrogen (secondary N) is 2. The molecule has 5 nitrogen and oxygen atoms in total. The van der Waals surface area contributed by atoms with Crippen LogP contribution in [0.3, 0.4) is 0 Å². The Labute approximate surface area is 115 Å². The predicted molar refractivity (Wildman–Crippen MR) is 79.2 cm³/mol. The van der Waals surface area contributed by atoms with Crippen LogP contribution < -0.4 is 11.1 Å². The number of nitrogens with two attached hydrogens (primary N) is 1. The largest absolute Gasteiger partial charge is 0.338 e. The van der Waals surface area contributed by atoms with Crippen LogP contribution in [-0.4, -0.2) is 22.4 Å². The van der Waals surface area contributed by atoms with Gasteiger partial charge in [0.25, 0.3) is 0 Å². The Morgan fingerprint density at radius 1 is 1.20 bits per heavy atom. The molecule has 0 fully saturated rings. The van der Waals surface area contributed by atoms with E-state index in [9.17, 15) is 4.79 Å². The number of nitrogens with zero attached hydrogens (tertiary/aromatic N) is 1. The highest BCUT2D eigenvalue weighted by atomic mass is 16.1. The van der Waals surface area contributed by atoms with Gasteiger partial charge in [-0.25, -0.2) is 4.98 Å². The minimum atomic E-state index is -0.216. The van der Waals surface area contributed by atoms with E-state index in [1.807, 2.05) is 48.5 Å². The number of carbonyl (C=O) groups is 1. The molecule has 5 heteroatoms. The molecule has 2 aromatic carbocycles. The number of hydrogen-bond donors (Lipinski definition) is 3. The summed E-state index contributed by atoms with van der Waals surface area (Å²) in [4.78, 5) is 19.1. The molecule has 0 radical (unpaired) electrons. The maximum absolute atomic E-state index is 11.3. The van der Waals surface area contributed by atoms with Crippen LogP contribution in [0.1, 0.15) is 0 Å². The number of aromatic amines is 1. The standard InChI is InChI=1S/C15H14N4O/c16-9-14(20)17-11-6-7-12-13(8-11)19-15(18-12)10-4-2-1-3-5-10/h1-8H,9,16H2,(H,17,20)(H,18,19). The van der Waals surface area contributed by atoms with Gasteiger partial charge in [0, 0.05) is 11.3 Å². The number of rotatable bonds is 3. The van der Waals surface area contributed by atoms with Crippen LogP contribution in [0.4, 0.5) is 5.69 Å². The van der Waals surface area contributed by atoms with Crippen LogP contribution in [0.5, 0.6) is 0 Å². The lowest BCUT2D eigenvalue weighted by atomic mass is 10.2. The van der Waals surface area contributed by atoms with Gasteiger partial charge < -0.3 is 16.0 Å². The van der Waals surface area contributed by atoms with Crippen molar-refractivity contribution in [1.82, 2.24) is 9.97 Å². The van der Waals surface area contributed by atoms with Crippen LogP contribution in [0, 0.1) is 0 Å². The zero-order valence-electron chi connectivity index (χ0n) is 10.8. The van der Waals surface area contributed by atoms with E-state index < -0.39 is 0 Å². The fourth-order valence-corrected chi connectivity index (χ4v) is 2.03. The van der Waals surface area contributed by atoms with Gasteiger partial charge in [-0.15, -0.1) is 0 Å². The number of fused-ring (bicyclic) bond motifs is 1. The lowest BCUT2D eigenvalue weighted by molar-refractivity contribution is -0.114. The van der Waals surface area contributed by atoms with Gasteiger partial charge in [0.05, 0.1) is 17.6 Å². The Morgan fingerprint density at radius 3 is 2.75 bits per heavy atom. The minimum absolute atomic E-state index is 0.0315. The quantitative estimate of drug-likeness (QED) is 0.679. The van der Waals surface area contributed by atoms with Crippen LogP contribution in [-0.2, 0) is 4.79 Å². The summed E-state index contributed by atoms with van der Waals surface area (Å²) in [6.45, 7) is -0.0315. The molecule has 1 heterocycles. The molecule has 3 rings (SSSR count). The third kappa shape index (κ3) is 2.39. The summed E-state index contributed by atoms with van der Waals surface area (Å²) in [6.07, 6.45) is 0. The molecule has 0 saturated carbocycles. The summed E-state index contributed by atoms with van der Waals surface area (Å²) < 4.78 is 0. The smallest absolute Gasteiger partial charge is 0.238 e. The number of imidazole rings is 1. The molecular weight excluding hydrogens is 252 g/mol.